The Bertz CT molecular complexity index is 921. The monoisotopic (exact) mass is 350 g/mol. The summed E-state index contributed by atoms with van der Waals surface area (Å²) in [6.07, 6.45) is 2.09. The SMILES string of the molecule is O=C(Cc1ccc(F)cc1)N1CCN(c2cnc3ccccc3n2)CC1. The molecule has 0 spiro atoms. The topological polar surface area (TPSA) is 49.3 Å². The van der Waals surface area contributed by atoms with Crippen LogP contribution in [0, 0.1) is 5.82 Å². The number of nitrogens with zero attached hydrogens (tertiary/aromatic N) is 4. The summed E-state index contributed by atoms with van der Waals surface area (Å²) in [4.78, 5) is 25.6. The van der Waals surface area contributed by atoms with E-state index in [0.29, 0.717) is 19.5 Å². The molecule has 0 aliphatic carbocycles. The third-order valence-corrected chi connectivity index (χ3v) is 4.66. The van der Waals surface area contributed by atoms with Crippen molar-refractivity contribution in [2.75, 3.05) is 31.1 Å². The number of anilines is 1. The predicted octanol–water partition coefficient (Wildman–Crippen LogP) is 2.66. The number of piperazine rings is 1. The molecule has 132 valence electrons. The van der Waals surface area contributed by atoms with E-state index in [2.05, 4.69) is 14.9 Å². The first-order valence-corrected chi connectivity index (χ1v) is 8.68. The first-order valence-electron chi connectivity index (χ1n) is 8.68. The first kappa shape index (κ1) is 16.4. The highest BCUT2D eigenvalue weighted by Gasteiger charge is 2.22. The number of carbonyl (C=O) groups is 1. The molecule has 1 saturated heterocycles. The van der Waals surface area contributed by atoms with Crippen LogP contribution in [0.15, 0.2) is 54.7 Å². The molecular weight excluding hydrogens is 331 g/mol. The second-order valence-corrected chi connectivity index (χ2v) is 6.39. The van der Waals surface area contributed by atoms with E-state index in [4.69, 9.17) is 0 Å². The minimum absolute atomic E-state index is 0.0702. The number of para-hydroxylation sites is 2. The molecule has 0 radical (unpaired) electrons. The molecule has 5 nitrogen and oxygen atoms in total. The minimum Gasteiger partial charge on any atom is -0.352 e. The number of hydrogen-bond acceptors (Lipinski definition) is 4. The summed E-state index contributed by atoms with van der Waals surface area (Å²) in [5.74, 6) is 0.626. The van der Waals surface area contributed by atoms with E-state index in [1.54, 1.807) is 18.3 Å². The zero-order valence-corrected chi connectivity index (χ0v) is 14.3. The first-order chi connectivity index (χ1) is 12.7. The second-order valence-electron chi connectivity index (χ2n) is 6.39. The van der Waals surface area contributed by atoms with Crippen LogP contribution >= 0.6 is 0 Å². The summed E-state index contributed by atoms with van der Waals surface area (Å²) < 4.78 is 13.0. The van der Waals surface area contributed by atoms with Crippen LogP contribution in [0.2, 0.25) is 0 Å². The number of fused-ring (bicyclic) bond motifs is 1. The zero-order chi connectivity index (χ0) is 17.9. The minimum atomic E-state index is -0.286. The van der Waals surface area contributed by atoms with Crippen LogP contribution in [0.4, 0.5) is 10.2 Å². The molecule has 6 heteroatoms. The molecular formula is C20H19FN4O. The van der Waals surface area contributed by atoms with Crippen molar-refractivity contribution in [1.82, 2.24) is 14.9 Å². The van der Waals surface area contributed by atoms with E-state index in [0.717, 1.165) is 35.5 Å². The van der Waals surface area contributed by atoms with Crippen molar-refractivity contribution in [3.63, 3.8) is 0 Å². The van der Waals surface area contributed by atoms with Crippen molar-refractivity contribution in [1.29, 1.82) is 0 Å². The maximum absolute atomic E-state index is 13.0. The molecule has 26 heavy (non-hydrogen) atoms. The quantitative estimate of drug-likeness (QED) is 0.729. The largest absolute Gasteiger partial charge is 0.352 e. The Balaban J connectivity index is 1.38. The fourth-order valence-electron chi connectivity index (χ4n) is 3.17. The normalized spacial score (nSPS) is 14.7. The van der Waals surface area contributed by atoms with Gasteiger partial charge in [-0.25, -0.2) is 9.37 Å². The molecule has 1 fully saturated rings. The Morgan fingerprint density at radius 3 is 2.38 bits per heavy atom. The van der Waals surface area contributed by atoms with Crippen molar-refractivity contribution < 1.29 is 9.18 Å². The highest BCUT2D eigenvalue weighted by Crippen LogP contribution is 2.17. The van der Waals surface area contributed by atoms with Gasteiger partial charge in [0.15, 0.2) is 0 Å². The highest BCUT2D eigenvalue weighted by molar-refractivity contribution is 5.79. The lowest BCUT2D eigenvalue weighted by Crippen LogP contribution is -2.49. The fraction of sp³-hybridized carbons (Fsp3) is 0.250. The lowest BCUT2D eigenvalue weighted by atomic mass is 10.1. The van der Waals surface area contributed by atoms with Crippen molar-refractivity contribution >= 4 is 22.8 Å². The van der Waals surface area contributed by atoms with Gasteiger partial charge in [0.25, 0.3) is 0 Å². The van der Waals surface area contributed by atoms with Gasteiger partial charge in [-0.2, -0.15) is 0 Å². The van der Waals surface area contributed by atoms with Gasteiger partial charge in [0.1, 0.15) is 11.6 Å². The third kappa shape index (κ3) is 3.49. The molecule has 3 aromatic rings. The van der Waals surface area contributed by atoms with Crippen molar-refractivity contribution in [3.05, 3.63) is 66.1 Å². The van der Waals surface area contributed by atoms with Crippen LogP contribution < -0.4 is 4.90 Å². The molecule has 0 unspecified atom stereocenters. The van der Waals surface area contributed by atoms with Crippen LogP contribution in [0.25, 0.3) is 11.0 Å². The maximum Gasteiger partial charge on any atom is 0.227 e. The van der Waals surface area contributed by atoms with E-state index >= 15 is 0 Å². The summed E-state index contributed by atoms with van der Waals surface area (Å²) in [6, 6.07) is 13.9. The Labute approximate surface area is 151 Å². The molecule has 2 heterocycles. The summed E-state index contributed by atoms with van der Waals surface area (Å²) >= 11 is 0. The number of amides is 1. The molecule has 1 aliphatic heterocycles. The zero-order valence-electron chi connectivity index (χ0n) is 14.3. The van der Waals surface area contributed by atoms with Gasteiger partial charge < -0.3 is 9.80 Å². The number of benzene rings is 2. The van der Waals surface area contributed by atoms with Gasteiger partial charge in [-0.15, -0.1) is 0 Å². The number of halogens is 1. The Kier molecular flexibility index (Phi) is 4.48. The van der Waals surface area contributed by atoms with Crippen LogP contribution in [0.1, 0.15) is 5.56 Å². The lowest BCUT2D eigenvalue weighted by Gasteiger charge is -2.35. The van der Waals surface area contributed by atoms with Crippen LogP contribution in [0.5, 0.6) is 0 Å². The van der Waals surface area contributed by atoms with E-state index in [1.165, 1.54) is 12.1 Å². The van der Waals surface area contributed by atoms with Gasteiger partial charge in [0.05, 0.1) is 23.7 Å². The summed E-state index contributed by atoms with van der Waals surface area (Å²) in [6.45, 7) is 2.74. The number of rotatable bonds is 3. The molecule has 2 aromatic carbocycles. The number of carbonyl (C=O) groups excluding carboxylic acids is 1. The summed E-state index contributed by atoms with van der Waals surface area (Å²) in [5.41, 5.74) is 2.59. The molecule has 1 aromatic heterocycles. The van der Waals surface area contributed by atoms with Crippen molar-refractivity contribution in [3.8, 4) is 0 Å². The predicted molar refractivity (Wildman–Crippen MR) is 98.4 cm³/mol. The average molecular weight is 350 g/mol. The highest BCUT2D eigenvalue weighted by atomic mass is 19.1. The molecule has 0 saturated carbocycles. The molecule has 0 bridgehead atoms. The molecule has 1 amide bonds. The smallest absolute Gasteiger partial charge is 0.227 e. The Hall–Kier alpha value is -3.02. The van der Waals surface area contributed by atoms with Gasteiger partial charge in [-0.1, -0.05) is 24.3 Å². The number of aromatic nitrogens is 2. The Morgan fingerprint density at radius 2 is 1.65 bits per heavy atom. The van der Waals surface area contributed by atoms with Crippen molar-refractivity contribution in [2.45, 2.75) is 6.42 Å². The van der Waals surface area contributed by atoms with Crippen LogP contribution in [-0.4, -0.2) is 47.0 Å². The third-order valence-electron chi connectivity index (χ3n) is 4.66. The fourth-order valence-corrected chi connectivity index (χ4v) is 3.17. The van der Waals surface area contributed by atoms with Gasteiger partial charge >= 0.3 is 0 Å². The van der Waals surface area contributed by atoms with E-state index in [-0.39, 0.29) is 11.7 Å². The summed E-state index contributed by atoms with van der Waals surface area (Å²) in [5, 5.41) is 0. The van der Waals surface area contributed by atoms with Gasteiger partial charge in [0.2, 0.25) is 5.91 Å². The van der Waals surface area contributed by atoms with Crippen molar-refractivity contribution in [2.24, 2.45) is 0 Å². The number of hydrogen-bond donors (Lipinski definition) is 0. The molecule has 0 atom stereocenters. The van der Waals surface area contributed by atoms with Gasteiger partial charge in [-0.05, 0) is 29.8 Å². The molecule has 4 rings (SSSR count). The van der Waals surface area contributed by atoms with E-state index in [9.17, 15) is 9.18 Å². The van der Waals surface area contributed by atoms with E-state index < -0.39 is 0 Å². The maximum atomic E-state index is 13.0. The standard InChI is InChI=1S/C20H19FN4O/c21-16-7-5-15(6-8-16)13-20(26)25-11-9-24(10-12-25)19-14-22-17-3-1-2-4-18(17)23-19/h1-8,14H,9-13H2. The Morgan fingerprint density at radius 1 is 0.962 bits per heavy atom. The van der Waals surface area contributed by atoms with Crippen LogP contribution in [-0.2, 0) is 11.2 Å². The molecule has 1 aliphatic rings. The second kappa shape index (κ2) is 7.07. The molecule has 0 N–H and O–H groups in total. The van der Waals surface area contributed by atoms with Gasteiger partial charge in [-0.3, -0.25) is 9.78 Å². The van der Waals surface area contributed by atoms with Gasteiger partial charge in [0, 0.05) is 26.2 Å². The lowest BCUT2D eigenvalue weighted by molar-refractivity contribution is -0.130. The summed E-state index contributed by atoms with van der Waals surface area (Å²) in [7, 11) is 0. The van der Waals surface area contributed by atoms with Crippen LogP contribution in [0.3, 0.4) is 0 Å². The van der Waals surface area contributed by atoms with E-state index in [1.807, 2.05) is 29.2 Å². The average Bonchev–Trinajstić information content (AvgIpc) is 2.69.